The Labute approximate surface area is 149 Å². The van der Waals surface area contributed by atoms with Crippen LogP contribution in [0.15, 0.2) is 47.3 Å². The Morgan fingerprint density at radius 3 is 2.44 bits per heavy atom. The first-order chi connectivity index (χ1) is 11.7. The van der Waals surface area contributed by atoms with Crippen molar-refractivity contribution < 1.29 is 13.2 Å². The fraction of sp³-hybridized carbons (Fsp3) is 0.0588. The molecule has 0 bridgehead atoms. The molecular formula is C17H9Cl2F3N2O. The molecule has 0 amide bonds. The summed E-state index contributed by atoms with van der Waals surface area (Å²) < 4.78 is 37.7. The largest absolute Gasteiger partial charge is 0.416 e. The van der Waals surface area contributed by atoms with Crippen LogP contribution >= 0.6 is 23.2 Å². The van der Waals surface area contributed by atoms with E-state index in [0.717, 1.165) is 12.1 Å². The number of fused-ring (bicyclic) bond motifs is 1. The molecule has 1 N–H and O–H groups in total. The second-order valence-electron chi connectivity index (χ2n) is 5.19. The second kappa shape index (κ2) is 6.54. The van der Waals surface area contributed by atoms with Crippen LogP contribution < -0.4 is 5.56 Å². The van der Waals surface area contributed by atoms with E-state index in [9.17, 15) is 18.0 Å². The Morgan fingerprint density at radius 2 is 1.80 bits per heavy atom. The molecule has 0 radical (unpaired) electrons. The number of aromatic amines is 1. The van der Waals surface area contributed by atoms with E-state index in [2.05, 4.69) is 9.97 Å². The number of hydrogen-bond donors (Lipinski definition) is 1. The lowest BCUT2D eigenvalue weighted by molar-refractivity contribution is -0.137. The number of hydrogen-bond acceptors (Lipinski definition) is 2. The summed E-state index contributed by atoms with van der Waals surface area (Å²) in [6.45, 7) is 0. The Kier molecular flexibility index (Phi) is 4.58. The van der Waals surface area contributed by atoms with Crippen LogP contribution in [0.3, 0.4) is 0 Å². The molecule has 3 rings (SSSR count). The fourth-order valence-electron chi connectivity index (χ4n) is 2.21. The van der Waals surface area contributed by atoms with Crippen LogP contribution in [0.2, 0.25) is 5.02 Å². The summed E-state index contributed by atoms with van der Waals surface area (Å²) in [5, 5.41) is 0.852. The third kappa shape index (κ3) is 3.86. The molecule has 0 fully saturated rings. The molecule has 0 saturated carbocycles. The lowest BCUT2D eigenvalue weighted by Gasteiger charge is -2.06. The van der Waals surface area contributed by atoms with Crippen molar-refractivity contribution in [2.75, 3.05) is 0 Å². The molecule has 0 spiro atoms. The molecule has 0 atom stereocenters. The van der Waals surface area contributed by atoms with Crippen molar-refractivity contribution in [2.24, 2.45) is 0 Å². The van der Waals surface area contributed by atoms with Crippen molar-refractivity contribution in [3.63, 3.8) is 0 Å². The quantitative estimate of drug-likeness (QED) is 0.648. The summed E-state index contributed by atoms with van der Waals surface area (Å²) in [7, 11) is 0. The number of nitrogens with zero attached hydrogens (tertiary/aromatic N) is 1. The van der Waals surface area contributed by atoms with Crippen LogP contribution in [-0.4, -0.2) is 9.97 Å². The molecular weight excluding hydrogens is 376 g/mol. The first-order valence-corrected chi connectivity index (χ1v) is 7.74. The van der Waals surface area contributed by atoms with E-state index < -0.39 is 17.3 Å². The molecule has 0 aliphatic heterocycles. The van der Waals surface area contributed by atoms with Crippen LogP contribution in [0.1, 0.15) is 17.0 Å². The molecule has 3 nitrogen and oxygen atoms in total. The van der Waals surface area contributed by atoms with E-state index in [1.54, 1.807) is 12.1 Å². The van der Waals surface area contributed by atoms with Crippen molar-refractivity contribution in [1.82, 2.24) is 9.97 Å². The monoisotopic (exact) mass is 384 g/mol. The standard InChI is InChI=1S/C17H9Cl2F3N2O/c18-11-5-6-12-14(8-11)23-15(24-16(12)25)13(19)7-9-1-3-10(4-2-9)17(20,21)22/h1-8H,(H,23,24,25)/b13-7-. The maximum Gasteiger partial charge on any atom is 0.416 e. The molecule has 1 heterocycles. The van der Waals surface area contributed by atoms with E-state index in [1.165, 1.54) is 24.3 Å². The van der Waals surface area contributed by atoms with E-state index in [-0.39, 0.29) is 10.9 Å². The number of benzene rings is 2. The van der Waals surface area contributed by atoms with Gasteiger partial charge in [0.15, 0.2) is 5.82 Å². The highest BCUT2D eigenvalue weighted by Gasteiger charge is 2.29. The highest BCUT2D eigenvalue weighted by atomic mass is 35.5. The van der Waals surface area contributed by atoms with Gasteiger partial charge >= 0.3 is 6.18 Å². The first-order valence-electron chi connectivity index (χ1n) is 6.98. The van der Waals surface area contributed by atoms with E-state index in [0.29, 0.717) is 21.5 Å². The minimum Gasteiger partial charge on any atom is -0.305 e. The molecule has 0 saturated heterocycles. The van der Waals surface area contributed by atoms with Crippen LogP contribution in [0.5, 0.6) is 0 Å². The van der Waals surface area contributed by atoms with Crippen molar-refractivity contribution in [1.29, 1.82) is 0 Å². The number of rotatable bonds is 2. The van der Waals surface area contributed by atoms with Crippen molar-refractivity contribution in [3.8, 4) is 0 Å². The van der Waals surface area contributed by atoms with Crippen molar-refractivity contribution >= 4 is 45.2 Å². The lowest BCUT2D eigenvalue weighted by atomic mass is 10.1. The second-order valence-corrected chi connectivity index (χ2v) is 6.03. The molecule has 0 unspecified atom stereocenters. The van der Waals surface area contributed by atoms with Gasteiger partial charge in [0.1, 0.15) is 0 Å². The van der Waals surface area contributed by atoms with Gasteiger partial charge in [-0.1, -0.05) is 35.3 Å². The number of alkyl halides is 3. The van der Waals surface area contributed by atoms with Gasteiger partial charge < -0.3 is 4.98 Å². The molecule has 2 aromatic carbocycles. The minimum absolute atomic E-state index is 0.0822. The summed E-state index contributed by atoms with van der Waals surface area (Å²) in [6, 6.07) is 9.10. The molecule has 0 aliphatic carbocycles. The van der Waals surface area contributed by atoms with Crippen LogP contribution in [0.4, 0.5) is 13.2 Å². The Hall–Kier alpha value is -2.31. The van der Waals surface area contributed by atoms with Gasteiger partial charge in [-0.05, 0) is 42.0 Å². The van der Waals surface area contributed by atoms with Gasteiger partial charge in [0.2, 0.25) is 0 Å². The third-order valence-electron chi connectivity index (χ3n) is 3.43. The predicted octanol–water partition coefficient (Wildman–Crippen LogP) is 5.33. The average molecular weight is 385 g/mol. The Bertz CT molecular complexity index is 1020. The maximum absolute atomic E-state index is 12.6. The molecule has 25 heavy (non-hydrogen) atoms. The van der Waals surface area contributed by atoms with Gasteiger partial charge in [0.25, 0.3) is 5.56 Å². The minimum atomic E-state index is -4.41. The Balaban J connectivity index is 2.00. The zero-order valence-corrected chi connectivity index (χ0v) is 13.9. The van der Waals surface area contributed by atoms with E-state index >= 15 is 0 Å². The summed E-state index contributed by atoms with van der Waals surface area (Å²) >= 11 is 12.0. The zero-order chi connectivity index (χ0) is 18.2. The first kappa shape index (κ1) is 17.5. The van der Waals surface area contributed by atoms with Gasteiger partial charge in [-0.25, -0.2) is 4.98 Å². The zero-order valence-electron chi connectivity index (χ0n) is 12.4. The normalized spacial score (nSPS) is 12.6. The molecule has 0 aliphatic rings. The maximum atomic E-state index is 12.6. The summed E-state index contributed by atoms with van der Waals surface area (Å²) in [4.78, 5) is 18.8. The average Bonchev–Trinajstić information content (AvgIpc) is 2.54. The van der Waals surface area contributed by atoms with Gasteiger partial charge in [-0.15, -0.1) is 0 Å². The van der Waals surface area contributed by atoms with E-state index in [4.69, 9.17) is 23.2 Å². The Morgan fingerprint density at radius 1 is 1.12 bits per heavy atom. The van der Waals surface area contributed by atoms with Gasteiger partial charge in [0, 0.05) is 5.02 Å². The lowest BCUT2D eigenvalue weighted by Crippen LogP contribution is -2.10. The number of H-pyrrole nitrogens is 1. The molecule has 8 heteroatoms. The SMILES string of the molecule is O=c1[nH]c(/C(Cl)=C/c2ccc(C(F)(F)F)cc2)nc2cc(Cl)ccc12. The summed E-state index contributed by atoms with van der Waals surface area (Å²) in [6.07, 6.45) is -2.99. The van der Waals surface area contributed by atoms with Gasteiger partial charge in [-0.3, -0.25) is 4.79 Å². The predicted molar refractivity (Wildman–Crippen MR) is 92.5 cm³/mol. The van der Waals surface area contributed by atoms with Gasteiger partial charge in [0.05, 0.1) is 21.5 Å². The number of nitrogens with one attached hydrogen (secondary N) is 1. The highest BCUT2D eigenvalue weighted by molar-refractivity contribution is 6.50. The smallest absolute Gasteiger partial charge is 0.305 e. The van der Waals surface area contributed by atoms with Crippen LogP contribution in [0, 0.1) is 0 Å². The van der Waals surface area contributed by atoms with Crippen LogP contribution in [-0.2, 0) is 6.18 Å². The van der Waals surface area contributed by atoms with Crippen molar-refractivity contribution in [3.05, 3.63) is 74.8 Å². The van der Waals surface area contributed by atoms with Crippen LogP contribution in [0.25, 0.3) is 22.0 Å². The molecule has 3 aromatic rings. The molecule has 1 aromatic heterocycles. The van der Waals surface area contributed by atoms with Crippen molar-refractivity contribution in [2.45, 2.75) is 6.18 Å². The summed E-state index contributed by atoms with van der Waals surface area (Å²) in [5.41, 5.74) is -0.347. The van der Waals surface area contributed by atoms with E-state index in [1.807, 2.05) is 0 Å². The number of aromatic nitrogens is 2. The highest BCUT2D eigenvalue weighted by Crippen LogP contribution is 2.30. The molecule has 128 valence electrons. The number of halogens is 5. The third-order valence-corrected chi connectivity index (χ3v) is 3.95. The summed E-state index contributed by atoms with van der Waals surface area (Å²) in [5.74, 6) is 0.0985. The van der Waals surface area contributed by atoms with Gasteiger partial charge in [-0.2, -0.15) is 13.2 Å². The topological polar surface area (TPSA) is 45.8 Å². The fourth-order valence-corrected chi connectivity index (χ4v) is 2.59.